The lowest BCUT2D eigenvalue weighted by atomic mass is 10.1. The van der Waals surface area contributed by atoms with Crippen LogP contribution in [-0.2, 0) is 16.1 Å². The first-order chi connectivity index (χ1) is 12.4. The second-order valence-corrected chi connectivity index (χ2v) is 6.11. The summed E-state index contributed by atoms with van der Waals surface area (Å²) in [6.07, 6.45) is 2.91. The highest BCUT2D eigenvalue weighted by Crippen LogP contribution is 2.27. The third-order valence-corrected chi connectivity index (χ3v) is 4.12. The van der Waals surface area contributed by atoms with Crippen molar-refractivity contribution in [1.82, 2.24) is 0 Å². The fourth-order valence-corrected chi connectivity index (χ4v) is 2.60. The molecular formula is C20H15ClO5. The number of ether oxygens (including phenoxy) is 1. The predicted molar refractivity (Wildman–Crippen MR) is 99.2 cm³/mol. The summed E-state index contributed by atoms with van der Waals surface area (Å²) in [4.78, 5) is 23.7. The van der Waals surface area contributed by atoms with E-state index in [1.807, 2.05) is 0 Å². The molecule has 0 amide bonds. The Kier molecular flexibility index (Phi) is 5.09. The fourth-order valence-electron chi connectivity index (χ4n) is 2.47. The van der Waals surface area contributed by atoms with Gasteiger partial charge in [0.1, 0.15) is 17.9 Å². The number of aryl methyl sites for hydroxylation is 1. The molecule has 0 aliphatic rings. The van der Waals surface area contributed by atoms with Gasteiger partial charge >= 0.3 is 11.6 Å². The fraction of sp³-hybridized carbons (Fsp3) is 0.100. The molecule has 132 valence electrons. The molecule has 1 aromatic heterocycles. The standard InChI is InChI=1S/C20H15ClO5/c1-12-17(22)8-7-16-14(10-19(24)26-20(12)16)11-25-18(23)9-4-13-2-5-15(21)6-3-13/h2-10,22H,11H2,1H3/b9-4+. The molecule has 0 atom stereocenters. The number of benzene rings is 2. The van der Waals surface area contributed by atoms with Gasteiger partial charge in [0.05, 0.1) is 0 Å². The second-order valence-electron chi connectivity index (χ2n) is 5.67. The molecular weight excluding hydrogens is 356 g/mol. The highest BCUT2D eigenvalue weighted by Gasteiger charge is 2.11. The van der Waals surface area contributed by atoms with Crippen molar-refractivity contribution in [3.8, 4) is 5.75 Å². The van der Waals surface area contributed by atoms with Crippen LogP contribution in [0.15, 0.2) is 57.8 Å². The summed E-state index contributed by atoms with van der Waals surface area (Å²) in [6.45, 7) is 1.56. The maximum Gasteiger partial charge on any atom is 0.336 e. The minimum Gasteiger partial charge on any atom is -0.508 e. The minimum atomic E-state index is -0.575. The van der Waals surface area contributed by atoms with Crippen LogP contribution in [0.5, 0.6) is 5.75 Å². The first kappa shape index (κ1) is 17.8. The molecule has 0 aliphatic carbocycles. The van der Waals surface area contributed by atoms with Crippen LogP contribution in [0.1, 0.15) is 16.7 Å². The number of rotatable bonds is 4. The Balaban J connectivity index is 1.77. The molecule has 2 aromatic carbocycles. The van der Waals surface area contributed by atoms with Gasteiger partial charge in [0, 0.05) is 33.7 Å². The van der Waals surface area contributed by atoms with Gasteiger partial charge in [0.15, 0.2) is 0 Å². The van der Waals surface area contributed by atoms with Gasteiger partial charge in [0.2, 0.25) is 0 Å². The predicted octanol–water partition coefficient (Wildman–Crippen LogP) is 4.22. The number of carbonyl (C=O) groups is 1. The number of hydrogen-bond acceptors (Lipinski definition) is 5. The van der Waals surface area contributed by atoms with E-state index in [0.29, 0.717) is 21.5 Å². The zero-order chi connectivity index (χ0) is 18.7. The lowest BCUT2D eigenvalue weighted by Gasteiger charge is -2.08. The van der Waals surface area contributed by atoms with Crippen molar-refractivity contribution in [3.63, 3.8) is 0 Å². The van der Waals surface area contributed by atoms with E-state index in [9.17, 15) is 14.7 Å². The summed E-state index contributed by atoms with van der Waals surface area (Å²) >= 11 is 5.81. The summed E-state index contributed by atoms with van der Waals surface area (Å²) in [5, 5.41) is 11.0. The van der Waals surface area contributed by atoms with Gasteiger partial charge in [-0.2, -0.15) is 0 Å². The number of phenolic OH excluding ortho intramolecular Hbond substituents is 1. The van der Waals surface area contributed by atoms with E-state index in [1.165, 1.54) is 18.2 Å². The summed E-state index contributed by atoms with van der Waals surface area (Å²) in [5.41, 5.74) is 1.47. The van der Waals surface area contributed by atoms with Crippen molar-refractivity contribution in [2.24, 2.45) is 0 Å². The largest absolute Gasteiger partial charge is 0.508 e. The zero-order valence-electron chi connectivity index (χ0n) is 13.9. The Bertz CT molecular complexity index is 1050. The molecule has 3 aromatic rings. The van der Waals surface area contributed by atoms with Gasteiger partial charge in [-0.15, -0.1) is 0 Å². The lowest BCUT2D eigenvalue weighted by Crippen LogP contribution is -2.06. The van der Waals surface area contributed by atoms with Gasteiger partial charge in [-0.05, 0) is 42.8 Å². The molecule has 0 saturated carbocycles. The molecule has 0 radical (unpaired) electrons. The van der Waals surface area contributed by atoms with Crippen LogP contribution < -0.4 is 5.63 Å². The van der Waals surface area contributed by atoms with Crippen LogP contribution in [-0.4, -0.2) is 11.1 Å². The molecule has 5 nitrogen and oxygen atoms in total. The number of fused-ring (bicyclic) bond motifs is 1. The second kappa shape index (κ2) is 7.45. The van der Waals surface area contributed by atoms with Crippen molar-refractivity contribution in [2.45, 2.75) is 13.5 Å². The Morgan fingerprint density at radius 2 is 1.96 bits per heavy atom. The van der Waals surface area contributed by atoms with E-state index in [0.717, 1.165) is 5.56 Å². The normalized spacial score (nSPS) is 11.2. The topological polar surface area (TPSA) is 76.7 Å². The molecule has 0 unspecified atom stereocenters. The number of halogens is 1. The molecule has 0 spiro atoms. The van der Waals surface area contributed by atoms with Crippen molar-refractivity contribution in [1.29, 1.82) is 0 Å². The smallest absolute Gasteiger partial charge is 0.336 e. The summed E-state index contributed by atoms with van der Waals surface area (Å²) in [6, 6.07) is 11.4. The molecule has 0 fully saturated rings. The maximum absolute atomic E-state index is 11.9. The van der Waals surface area contributed by atoms with Crippen LogP contribution in [0.3, 0.4) is 0 Å². The van der Waals surface area contributed by atoms with E-state index < -0.39 is 11.6 Å². The molecule has 0 aliphatic heterocycles. The molecule has 0 bridgehead atoms. The minimum absolute atomic E-state index is 0.0284. The van der Waals surface area contributed by atoms with Crippen LogP contribution in [0, 0.1) is 6.92 Å². The number of aromatic hydroxyl groups is 1. The van der Waals surface area contributed by atoms with Crippen molar-refractivity contribution < 1.29 is 19.1 Å². The SMILES string of the molecule is Cc1c(O)ccc2c(COC(=O)/C=C/c3ccc(Cl)cc3)cc(=O)oc12. The average Bonchev–Trinajstić information content (AvgIpc) is 2.62. The van der Waals surface area contributed by atoms with E-state index in [2.05, 4.69) is 0 Å². The Hall–Kier alpha value is -3.05. The average molecular weight is 371 g/mol. The first-order valence-electron chi connectivity index (χ1n) is 7.80. The molecule has 26 heavy (non-hydrogen) atoms. The molecule has 1 heterocycles. The Labute approximate surface area is 154 Å². The molecule has 6 heteroatoms. The van der Waals surface area contributed by atoms with E-state index in [1.54, 1.807) is 43.3 Å². The van der Waals surface area contributed by atoms with Gasteiger partial charge in [-0.25, -0.2) is 9.59 Å². The van der Waals surface area contributed by atoms with Crippen LogP contribution >= 0.6 is 11.6 Å². The number of carbonyl (C=O) groups excluding carboxylic acids is 1. The van der Waals surface area contributed by atoms with Crippen LogP contribution in [0.2, 0.25) is 5.02 Å². The van der Waals surface area contributed by atoms with E-state index >= 15 is 0 Å². The Morgan fingerprint density at radius 3 is 2.69 bits per heavy atom. The molecule has 1 N–H and O–H groups in total. The van der Waals surface area contributed by atoms with Crippen LogP contribution in [0.4, 0.5) is 0 Å². The Morgan fingerprint density at radius 1 is 1.23 bits per heavy atom. The number of esters is 1. The quantitative estimate of drug-likeness (QED) is 0.423. The monoisotopic (exact) mass is 370 g/mol. The number of hydrogen-bond donors (Lipinski definition) is 1. The third kappa shape index (κ3) is 3.95. The third-order valence-electron chi connectivity index (χ3n) is 3.87. The number of phenols is 1. The van der Waals surface area contributed by atoms with Crippen molar-refractivity contribution >= 4 is 34.6 Å². The first-order valence-corrected chi connectivity index (χ1v) is 8.17. The summed E-state index contributed by atoms with van der Waals surface area (Å²) in [5.74, 6) is -0.516. The highest BCUT2D eigenvalue weighted by atomic mass is 35.5. The van der Waals surface area contributed by atoms with Crippen molar-refractivity contribution in [2.75, 3.05) is 0 Å². The van der Waals surface area contributed by atoms with Crippen molar-refractivity contribution in [3.05, 3.63) is 80.7 Å². The summed E-state index contributed by atoms with van der Waals surface area (Å²) in [7, 11) is 0. The van der Waals surface area contributed by atoms with Gasteiger partial charge in [-0.3, -0.25) is 0 Å². The van der Waals surface area contributed by atoms with Gasteiger partial charge < -0.3 is 14.3 Å². The van der Waals surface area contributed by atoms with Crippen LogP contribution in [0.25, 0.3) is 17.0 Å². The van der Waals surface area contributed by atoms with Gasteiger partial charge in [-0.1, -0.05) is 23.7 Å². The zero-order valence-corrected chi connectivity index (χ0v) is 14.6. The molecule has 3 rings (SSSR count). The lowest BCUT2D eigenvalue weighted by molar-refractivity contribution is -0.138. The summed E-state index contributed by atoms with van der Waals surface area (Å²) < 4.78 is 10.4. The van der Waals surface area contributed by atoms with Gasteiger partial charge in [0.25, 0.3) is 0 Å². The van der Waals surface area contributed by atoms with E-state index in [-0.39, 0.29) is 17.9 Å². The molecule has 0 saturated heterocycles. The highest BCUT2D eigenvalue weighted by molar-refractivity contribution is 6.30. The maximum atomic E-state index is 11.9. The van der Waals surface area contributed by atoms with E-state index in [4.69, 9.17) is 20.8 Å².